The Kier molecular flexibility index (Phi) is 5.44. The van der Waals surface area contributed by atoms with Gasteiger partial charge in [0.2, 0.25) is 5.91 Å². The van der Waals surface area contributed by atoms with Crippen LogP contribution in [0.4, 0.5) is 0 Å². The number of rotatable bonds is 5. The third-order valence-electron chi connectivity index (χ3n) is 4.03. The van der Waals surface area contributed by atoms with Crippen LogP contribution in [0.25, 0.3) is 0 Å². The molecule has 1 heterocycles. The van der Waals surface area contributed by atoms with Gasteiger partial charge in [-0.2, -0.15) is 0 Å². The Morgan fingerprint density at radius 1 is 1.30 bits per heavy atom. The normalized spacial score (nSPS) is 17.6. The number of fused-ring (bicyclic) bond motifs is 1. The number of carbonyl (C=O) groups excluding carboxylic acids is 3. The highest BCUT2D eigenvalue weighted by molar-refractivity contribution is 9.10. The van der Waals surface area contributed by atoms with E-state index in [1.54, 1.807) is 18.2 Å². The quantitative estimate of drug-likeness (QED) is 0.727. The summed E-state index contributed by atoms with van der Waals surface area (Å²) >= 11 is 3.27. The number of imide groups is 1. The van der Waals surface area contributed by atoms with Gasteiger partial charge in [0.25, 0.3) is 11.8 Å². The highest BCUT2D eigenvalue weighted by Crippen LogP contribution is 2.32. The van der Waals surface area contributed by atoms with Crippen molar-refractivity contribution >= 4 is 46.1 Å². The topological polar surface area (TPSA) is 92.5 Å². The lowest BCUT2D eigenvalue weighted by atomic mass is 10.1. The van der Waals surface area contributed by atoms with Crippen LogP contribution < -0.4 is 11.1 Å². The van der Waals surface area contributed by atoms with Gasteiger partial charge in [0, 0.05) is 17.1 Å². The highest BCUT2D eigenvalue weighted by Gasteiger charge is 2.38. The summed E-state index contributed by atoms with van der Waals surface area (Å²) in [5, 5.41) is 2.82. The van der Waals surface area contributed by atoms with Crippen LogP contribution in [-0.4, -0.2) is 41.8 Å². The smallest absolute Gasteiger partial charge is 0.262 e. The summed E-state index contributed by atoms with van der Waals surface area (Å²) in [6.07, 6.45) is 2.12. The average Bonchev–Trinajstić information content (AvgIpc) is 3.30. The summed E-state index contributed by atoms with van der Waals surface area (Å²) < 4.78 is 0.718. The minimum atomic E-state index is -0.438. The molecule has 0 bridgehead atoms. The van der Waals surface area contributed by atoms with Gasteiger partial charge in [0.05, 0.1) is 11.1 Å². The maximum Gasteiger partial charge on any atom is 0.262 e. The minimum Gasteiger partial charge on any atom is -0.350 e. The molecule has 3 N–H and O–H groups in total. The molecule has 3 rings (SSSR count). The maximum absolute atomic E-state index is 12.3. The van der Waals surface area contributed by atoms with Crippen molar-refractivity contribution in [2.45, 2.75) is 18.9 Å². The fraction of sp³-hybridized carbons (Fsp3) is 0.400. The van der Waals surface area contributed by atoms with Gasteiger partial charge >= 0.3 is 0 Å². The maximum atomic E-state index is 12.3. The number of nitrogens with zero attached hydrogens (tertiary/aromatic N) is 1. The van der Waals surface area contributed by atoms with Crippen LogP contribution in [0.1, 0.15) is 33.6 Å². The molecular weight excluding hydrogens is 386 g/mol. The molecule has 2 aliphatic rings. The predicted octanol–water partition coefficient (Wildman–Crippen LogP) is 1.32. The molecule has 6 nitrogen and oxygen atoms in total. The zero-order chi connectivity index (χ0) is 15.9. The van der Waals surface area contributed by atoms with Gasteiger partial charge in [-0.25, -0.2) is 0 Å². The van der Waals surface area contributed by atoms with Crippen LogP contribution in [0.5, 0.6) is 0 Å². The Labute approximate surface area is 148 Å². The summed E-state index contributed by atoms with van der Waals surface area (Å²) in [6, 6.07) is 4.81. The number of halogens is 2. The number of nitrogens with one attached hydrogen (secondary N) is 1. The van der Waals surface area contributed by atoms with Gasteiger partial charge in [-0.15, -0.1) is 12.4 Å². The Morgan fingerprint density at radius 3 is 2.57 bits per heavy atom. The summed E-state index contributed by atoms with van der Waals surface area (Å²) in [4.78, 5) is 37.6. The molecule has 1 atom stereocenters. The number of nitrogens with two attached hydrogens (primary N) is 1. The van der Waals surface area contributed by atoms with Gasteiger partial charge in [-0.05, 0) is 37.0 Å². The van der Waals surface area contributed by atoms with Crippen LogP contribution in [0, 0.1) is 5.92 Å². The number of hydrogen-bond donors (Lipinski definition) is 2. The molecule has 0 spiro atoms. The van der Waals surface area contributed by atoms with E-state index in [0.29, 0.717) is 23.6 Å². The molecule has 8 heteroatoms. The van der Waals surface area contributed by atoms with E-state index in [1.165, 1.54) is 0 Å². The van der Waals surface area contributed by atoms with Gasteiger partial charge in [0.15, 0.2) is 0 Å². The molecule has 0 saturated heterocycles. The first-order chi connectivity index (χ1) is 10.5. The Hall–Kier alpha value is -1.44. The second-order valence-corrected chi connectivity index (χ2v) is 6.55. The van der Waals surface area contributed by atoms with E-state index >= 15 is 0 Å². The molecule has 23 heavy (non-hydrogen) atoms. The van der Waals surface area contributed by atoms with Crippen molar-refractivity contribution < 1.29 is 14.4 Å². The van der Waals surface area contributed by atoms with E-state index in [9.17, 15) is 14.4 Å². The van der Waals surface area contributed by atoms with Crippen molar-refractivity contribution in [3.8, 4) is 0 Å². The van der Waals surface area contributed by atoms with Crippen LogP contribution >= 0.6 is 28.3 Å². The van der Waals surface area contributed by atoms with E-state index < -0.39 is 11.8 Å². The van der Waals surface area contributed by atoms with Crippen LogP contribution in [0.2, 0.25) is 0 Å². The number of benzene rings is 1. The van der Waals surface area contributed by atoms with E-state index in [1.807, 2.05) is 0 Å². The second kappa shape index (κ2) is 6.98. The molecule has 1 aromatic carbocycles. The number of carbonyl (C=O) groups is 3. The molecule has 0 aromatic heterocycles. The van der Waals surface area contributed by atoms with Gasteiger partial charge in [-0.1, -0.05) is 15.9 Å². The first kappa shape index (κ1) is 17.9. The number of hydrogen-bond acceptors (Lipinski definition) is 4. The lowest BCUT2D eigenvalue weighted by Gasteiger charge is -2.19. The molecule has 1 aliphatic carbocycles. The van der Waals surface area contributed by atoms with Gasteiger partial charge in [0.1, 0.15) is 6.54 Å². The Bertz CT molecular complexity index is 663. The van der Waals surface area contributed by atoms with Crippen LogP contribution in [0.3, 0.4) is 0 Å². The molecule has 1 saturated carbocycles. The molecule has 0 radical (unpaired) electrons. The minimum absolute atomic E-state index is 0. The Balaban J connectivity index is 0.00000192. The summed E-state index contributed by atoms with van der Waals surface area (Å²) in [7, 11) is 0. The number of amides is 3. The van der Waals surface area contributed by atoms with Crippen LogP contribution in [0.15, 0.2) is 22.7 Å². The predicted molar refractivity (Wildman–Crippen MR) is 90.5 cm³/mol. The zero-order valence-corrected chi connectivity index (χ0v) is 14.7. The summed E-state index contributed by atoms with van der Waals surface area (Å²) in [5.74, 6) is -0.798. The molecular formula is C15H17BrClN3O3. The lowest BCUT2D eigenvalue weighted by molar-refractivity contribution is -0.122. The standard InChI is InChI=1S/C15H16BrN3O3.ClH/c16-9-3-4-10-11(5-9)15(22)19(14(10)21)7-13(20)18-12(6-17)8-1-2-8;/h3-5,8,12H,1-2,6-7,17H2,(H,18,20);1H. The van der Waals surface area contributed by atoms with E-state index in [-0.39, 0.29) is 30.9 Å². The largest absolute Gasteiger partial charge is 0.350 e. The summed E-state index contributed by atoms with van der Waals surface area (Å²) in [5.41, 5.74) is 6.30. The third kappa shape index (κ3) is 3.57. The highest BCUT2D eigenvalue weighted by atomic mass is 79.9. The molecule has 124 valence electrons. The third-order valence-corrected chi connectivity index (χ3v) is 4.52. The van der Waals surface area contributed by atoms with Crippen molar-refractivity contribution in [3.05, 3.63) is 33.8 Å². The van der Waals surface area contributed by atoms with Crippen molar-refractivity contribution in [2.75, 3.05) is 13.1 Å². The van der Waals surface area contributed by atoms with Crippen LogP contribution in [-0.2, 0) is 4.79 Å². The SMILES string of the molecule is Cl.NCC(NC(=O)CN1C(=O)c2ccc(Br)cc2C1=O)C1CC1. The van der Waals surface area contributed by atoms with E-state index in [2.05, 4.69) is 21.2 Å². The molecule has 1 fully saturated rings. The zero-order valence-electron chi connectivity index (χ0n) is 12.3. The second-order valence-electron chi connectivity index (χ2n) is 5.63. The van der Waals surface area contributed by atoms with Gasteiger partial charge in [-0.3, -0.25) is 19.3 Å². The van der Waals surface area contributed by atoms with Crippen molar-refractivity contribution in [2.24, 2.45) is 11.7 Å². The molecule has 1 aliphatic heterocycles. The summed E-state index contributed by atoms with van der Waals surface area (Å²) in [6.45, 7) is 0.0959. The average molecular weight is 403 g/mol. The molecule has 1 aromatic rings. The van der Waals surface area contributed by atoms with E-state index in [0.717, 1.165) is 22.2 Å². The monoisotopic (exact) mass is 401 g/mol. The Morgan fingerprint density at radius 2 is 1.96 bits per heavy atom. The lowest BCUT2D eigenvalue weighted by Crippen LogP contribution is -2.47. The first-order valence-corrected chi connectivity index (χ1v) is 7.95. The van der Waals surface area contributed by atoms with E-state index in [4.69, 9.17) is 5.73 Å². The fourth-order valence-electron chi connectivity index (χ4n) is 2.67. The van der Waals surface area contributed by atoms with Crippen molar-refractivity contribution in [1.82, 2.24) is 10.2 Å². The fourth-order valence-corrected chi connectivity index (χ4v) is 3.03. The van der Waals surface area contributed by atoms with Crippen molar-refractivity contribution in [1.29, 1.82) is 0 Å². The van der Waals surface area contributed by atoms with Gasteiger partial charge < -0.3 is 11.1 Å². The van der Waals surface area contributed by atoms with Crippen molar-refractivity contribution in [3.63, 3.8) is 0 Å². The molecule has 1 unspecified atom stereocenters. The first-order valence-electron chi connectivity index (χ1n) is 7.16. The molecule has 3 amide bonds.